The Morgan fingerprint density at radius 1 is 1.15 bits per heavy atom. The first-order chi connectivity index (χ1) is 12.3. The van der Waals surface area contributed by atoms with Crippen LogP contribution < -0.4 is 9.47 Å². The first kappa shape index (κ1) is 18.4. The monoisotopic (exact) mass is 362 g/mol. The summed E-state index contributed by atoms with van der Waals surface area (Å²) in [5.41, 5.74) is -0.0342. The number of fused-ring (bicyclic) bond motifs is 1. The largest absolute Gasteiger partial charge is 0.486 e. The molecule has 1 fully saturated rings. The van der Waals surface area contributed by atoms with E-state index in [0.29, 0.717) is 49.9 Å². The van der Waals surface area contributed by atoms with Crippen LogP contribution in [0.15, 0.2) is 18.2 Å². The Bertz CT molecular complexity index is 698. The molecule has 142 valence electrons. The molecule has 2 aliphatic rings. The number of hydrogen-bond acceptors (Lipinski definition) is 5. The van der Waals surface area contributed by atoms with Gasteiger partial charge in [-0.3, -0.25) is 4.79 Å². The van der Waals surface area contributed by atoms with Gasteiger partial charge in [-0.25, -0.2) is 4.79 Å². The van der Waals surface area contributed by atoms with Crippen molar-refractivity contribution < 1.29 is 23.8 Å². The molecule has 0 bridgehead atoms. The third kappa shape index (κ3) is 3.86. The van der Waals surface area contributed by atoms with Gasteiger partial charge in [0.25, 0.3) is 5.91 Å². The van der Waals surface area contributed by atoms with Crippen LogP contribution in [-0.2, 0) is 4.74 Å². The number of benzene rings is 1. The Morgan fingerprint density at radius 3 is 2.58 bits per heavy atom. The predicted molar refractivity (Wildman–Crippen MR) is 95.7 cm³/mol. The van der Waals surface area contributed by atoms with Crippen molar-refractivity contribution >= 4 is 12.0 Å². The first-order valence-electron chi connectivity index (χ1n) is 8.94. The average molecular weight is 362 g/mol. The lowest BCUT2D eigenvalue weighted by molar-refractivity contribution is 0.00604. The molecular formula is C19H26N2O5. The van der Waals surface area contributed by atoms with Gasteiger partial charge in [0.1, 0.15) is 18.8 Å². The predicted octanol–water partition coefficient (Wildman–Crippen LogP) is 2.54. The fraction of sp³-hybridized carbons (Fsp3) is 0.579. The summed E-state index contributed by atoms with van der Waals surface area (Å²) in [5.74, 6) is 0.997. The quantitative estimate of drug-likeness (QED) is 0.768. The molecule has 0 aromatic heterocycles. The van der Waals surface area contributed by atoms with E-state index in [9.17, 15) is 9.59 Å². The van der Waals surface area contributed by atoms with Crippen molar-refractivity contribution in [3.8, 4) is 11.5 Å². The van der Waals surface area contributed by atoms with Crippen LogP contribution in [0.1, 0.15) is 38.1 Å². The van der Waals surface area contributed by atoms with Crippen LogP contribution in [0.5, 0.6) is 11.5 Å². The summed E-state index contributed by atoms with van der Waals surface area (Å²) in [6.07, 6.45) is -0.342. The van der Waals surface area contributed by atoms with E-state index in [-0.39, 0.29) is 18.0 Å². The van der Waals surface area contributed by atoms with Crippen molar-refractivity contribution in [1.82, 2.24) is 9.80 Å². The highest BCUT2D eigenvalue weighted by molar-refractivity contribution is 5.98. The lowest BCUT2D eigenvalue weighted by Crippen LogP contribution is -2.56. The van der Waals surface area contributed by atoms with E-state index >= 15 is 0 Å². The topological polar surface area (TPSA) is 68.3 Å². The molecule has 0 unspecified atom stereocenters. The van der Waals surface area contributed by atoms with E-state index in [1.165, 1.54) is 0 Å². The van der Waals surface area contributed by atoms with Crippen molar-refractivity contribution in [3.63, 3.8) is 0 Å². The Balaban J connectivity index is 1.70. The molecule has 0 saturated carbocycles. The number of hydrogen-bond donors (Lipinski definition) is 0. The van der Waals surface area contributed by atoms with Gasteiger partial charge in [-0.15, -0.1) is 0 Å². The molecule has 1 aromatic rings. The maximum atomic E-state index is 13.0. The zero-order chi connectivity index (χ0) is 18.9. The summed E-state index contributed by atoms with van der Waals surface area (Å²) in [7, 11) is 0. The number of nitrogens with zero attached hydrogens (tertiary/aromatic N) is 2. The number of para-hydroxylation sites is 1. The summed E-state index contributed by atoms with van der Waals surface area (Å²) in [4.78, 5) is 28.7. The highest BCUT2D eigenvalue weighted by atomic mass is 16.6. The molecule has 2 aliphatic heterocycles. The Labute approximate surface area is 153 Å². The lowest BCUT2D eigenvalue weighted by Gasteiger charge is -2.40. The number of rotatable bonds is 1. The molecule has 1 aromatic carbocycles. The number of carbonyl (C=O) groups excluding carboxylic acids is 2. The molecule has 1 saturated heterocycles. The number of carbonyl (C=O) groups is 2. The van der Waals surface area contributed by atoms with Gasteiger partial charge in [0.2, 0.25) is 0 Å². The van der Waals surface area contributed by atoms with Crippen molar-refractivity contribution in [1.29, 1.82) is 0 Å². The molecule has 2 amide bonds. The minimum atomic E-state index is -0.534. The third-order valence-corrected chi connectivity index (χ3v) is 4.34. The zero-order valence-electron chi connectivity index (χ0n) is 15.8. The van der Waals surface area contributed by atoms with Crippen LogP contribution in [0, 0.1) is 0 Å². The van der Waals surface area contributed by atoms with Crippen molar-refractivity contribution in [2.24, 2.45) is 0 Å². The minimum Gasteiger partial charge on any atom is -0.486 e. The van der Waals surface area contributed by atoms with Gasteiger partial charge in [-0.2, -0.15) is 0 Å². The van der Waals surface area contributed by atoms with Crippen LogP contribution >= 0.6 is 0 Å². The first-order valence-corrected chi connectivity index (χ1v) is 8.94. The van der Waals surface area contributed by atoms with Crippen molar-refractivity contribution in [2.45, 2.75) is 39.3 Å². The van der Waals surface area contributed by atoms with Crippen LogP contribution in [0.2, 0.25) is 0 Å². The van der Waals surface area contributed by atoms with Gasteiger partial charge in [-0.1, -0.05) is 6.07 Å². The van der Waals surface area contributed by atoms with Gasteiger partial charge in [-0.05, 0) is 39.8 Å². The zero-order valence-corrected chi connectivity index (χ0v) is 15.8. The number of amides is 2. The van der Waals surface area contributed by atoms with E-state index < -0.39 is 5.60 Å². The van der Waals surface area contributed by atoms with Crippen LogP contribution in [0.25, 0.3) is 0 Å². The maximum Gasteiger partial charge on any atom is 0.410 e. The summed E-state index contributed by atoms with van der Waals surface area (Å²) >= 11 is 0. The van der Waals surface area contributed by atoms with Gasteiger partial charge >= 0.3 is 6.09 Å². The van der Waals surface area contributed by atoms with Gasteiger partial charge in [0, 0.05) is 25.7 Å². The third-order valence-electron chi connectivity index (χ3n) is 4.34. The number of piperazine rings is 1. The van der Waals surface area contributed by atoms with Crippen molar-refractivity contribution in [3.05, 3.63) is 23.8 Å². The molecule has 7 nitrogen and oxygen atoms in total. The summed E-state index contributed by atoms with van der Waals surface area (Å²) < 4.78 is 16.6. The lowest BCUT2D eigenvalue weighted by atomic mass is 10.1. The average Bonchev–Trinajstić information content (AvgIpc) is 2.59. The van der Waals surface area contributed by atoms with Gasteiger partial charge < -0.3 is 24.0 Å². The highest BCUT2D eigenvalue weighted by Crippen LogP contribution is 2.34. The maximum absolute atomic E-state index is 13.0. The Morgan fingerprint density at radius 2 is 1.88 bits per heavy atom. The van der Waals surface area contributed by atoms with E-state index in [1.807, 2.05) is 27.7 Å². The Kier molecular flexibility index (Phi) is 4.98. The van der Waals surface area contributed by atoms with Crippen LogP contribution in [-0.4, -0.2) is 66.3 Å². The second kappa shape index (κ2) is 7.05. The smallest absolute Gasteiger partial charge is 0.410 e. The Hall–Kier alpha value is -2.44. The highest BCUT2D eigenvalue weighted by Gasteiger charge is 2.34. The standard InChI is InChI=1S/C19H26N2O5/c1-13-12-20(18(23)26-19(2,3)4)8-9-21(13)17(22)14-6-5-7-15-16(14)25-11-10-24-15/h5-7,13H,8-12H2,1-4H3/t13-/m0/s1. The molecule has 0 radical (unpaired) electrons. The van der Waals surface area contributed by atoms with Gasteiger partial charge in [0.15, 0.2) is 11.5 Å². The molecule has 0 aliphatic carbocycles. The normalized spacial score (nSPS) is 19.9. The molecule has 3 rings (SSSR count). The van der Waals surface area contributed by atoms with E-state index in [0.717, 1.165) is 0 Å². The molecule has 26 heavy (non-hydrogen) atoms. The van der Waals surface area contributed by atoms with Crippen LogP contribution in [0.4, 0.5) is 4.79 Å². The van der Waals surface area contributed by atoms with Crippen LogP contribution in [0.3, 0.4) is 0 Å². The second-order valence-electron chi connectivity index (χ2n) is 7.60. The molecule has 7 heteroatoms. The van der Waals surface area contributed by atoms with Crippen molar-refractivity contribution in [2.75, 3.05) is 32.8 Å². The molecule has 2 heterocycles. The van der Waals surface area contributed by atoms with Gasteiger partial charge in [0.05, 0.1) is 5.56 Å². The summed E-state index contributed by atoms with van der Waals surface area (Å²) in [5, 5.41) is 0. The molecular weight excluding hydrogens is 336 g/mol. The molecule has 1 atom stereocenters. The summed E-state index contributed by atoms with van der Waals surface area (Å²) in [6, 6.07) is 5.23. The molecule has 0 spiro atoms. The van der Waals surface area contributed by atoms with E-state index in [1.54, 1.807) is 28.0 Å². The number of ether oxygens (including phenoxy) is 3. The summed E-state index contributed by atoms with van der Waals surface area (Å²) in [6.45, 7) is 9.70. The van der Waals surface area contributed by atoms with E-state index in [2.05, 4.69) is 0 Å². The SMILES string of the molecule is C[C@H]1CN(C(=O)OC(C)(C)C)CCN1C(=O)c1cccc2c1OCCO2. The fourth-order valence-corrected chi connectivity index (χ4v) is 3.15. The second-order valence-corrected chi connectivity index (χ2v) is 7.60. The molecule has 0 N–H and O–H groups in total. The minimum absolute atomic E-state index is 0.108. The fourth-order valence-electron chi connectivity index (χ4n) is 3.15. The van der Waals surface area contributed by atoms with E-state index in [4.69, 9.17) is 14.2 Å².